The number of hydrogen-bond acceptors (Lipinski definition) is 2. The summed E-state index contributed by atoms with van der Waals surface area (Å²) in [5, 5.41) is 9.01. The molecule has 0 aliphatic carbocycles. The molecule has 0 heterocycles. The van der Waals surface area contributed by atoms with E-state index in [4.69, 9.17) is 5.11 Å². The monoisotopic (exact) mass is 349 g/mol. The minimum absolute atomic E-state index is 0.0478. The van der Waals surface area contributed by atoms with Crippen molar-refractivity contribution in [2.45, 2.75) is 13.0 Å². The summed E-state index contributed by atoms with van der Waals surface area (Å²) in [4.78, 5) is 13.6. The average Bonchev–Trinajstić information content (AvgIpc) is 2.29. The summed E-state index contributed by atoms with van der Waals surface area (Å²) in [6, 6.07) is 5.23. The Morgan fingerprint density at radius 2 is 2.12 bits per heavy atom. The van der Waals surface area contributed by atoms with Gasteiger partial charge in [-0.3, -0.25) is 4.79 Å². The van der Waals surface area contributed by atoms with Crippen molar-refractivity contribution in [1.29, 1.82) is 0 Å². The van der Waals surface area contributed by atoms with Crippen LogP contribution in [0.5, 0.6) is 0 Å². The second-order valence-corrected chi connectivity index (χ2v) is 5.34. The largest absolute Gasteiger partial charge is 0.394 e. The average molecular weight is 351 g/mol. The minimum Gasteiger partial charge on any atom is -0.394 e. The second kappa shape index (κ2) is 5.80. The maximum atomic E-state index is 12.1. The zero-order valence-electron chi connectivity index (χ0n) is 9.08. The van der Waals surface area contributed by atoms with Gasteiger partial charge in [0.1, 0.15) is 0 Å². The number of nitrogens with zero attached hydrogens (tertiary/aromatic N) is 1. The second-order valence-electron chi connectivity index (χ2n) is 3.57. The summed E-state index contributed by atoms with van der Waals surface area (Å²) in [7, 11) is 1.68. The van der Waals surface area contributed by atoms with Crippen molar-refractivity contribution in [2.24, 2.45) is 0 Å². The van der Waals surface area contributed by atoms with Gasteiger partial charge in [0, 0.05) is 16.0 Å². The number of amides is 1. The van der Waals surface area contributed by atoms with E-state index in [2.05, 4.69) is 31.9 Å². The lowest BCUT2D eigenvalue weighted by molar-refractivity contribution is 0.0681. The van der Waals surface area contributed by atoms with E-state index in [0.29, 0.717) is 5.56 Å². The summed E-state index contributed by atoms with van der Waals surface area (Å²) >= 11 is 6.67. The highest BCUT2D eigenvalue weighted by Crippen LogP contribution is 2.23. The highest BCUT2D eigenvalue weighted by Gasteiger charge is 2.19. The topological polar surface area (TPSA) is 40.5 Å². The van der Waals surface area contributed by atoms with Gasteiger partial charge < -0.3 is 10.0 Å². The Morgan fingerprint density at radius 1 is 1.50 bits per heavy atom. The molecule has 1 aromatic rings. The van der Waals surface area contributed by atoms with Crippen molar-refractivity contribution in [3.05, 3.63) is 32.7 Å². The fraction of sp³-hybridized carbons (Fsp3) is 0.364. The van der Waals surface area contributed by atoms with Crippen molar-refractivity contribution in [3.8, 4) is 0 Å². The number of carbonyl (C=O) groups is 1. The Labute approximate surface area is 112 Å². The Hall–Kier alpha value is -0.390. The van der Waals surface area contributed by atoms with Crippen molar-refractivity contribution >= 4 is 37.8 Å². The molecule has 1 rings (SSSR count). The van der Waals surface area contributed by atoms with Crippen LogP contribution in [0, 0.1) is 0 Å². The van der Waals surface area contributed by atoms with Gasteiger partial charge in [0.15, 0.2) is 0 Å². The number of halogens is 2. The number of aliphatic hydroxyl groups excluding tert-OH is 1. The van der Waals surface area contributed by atoms with Gasteiger partial charge in [-0.05, 0) is 41.1 Å². The van der Waals surface area contributed by atoms with Crippen molar-refractivity contribution < 1.29 is 9.90 Å². The molecule has 0 radical (unpaired) electrons. The summed E-state index contributed by atoms with van der Waals surface area (Å²) in [5.41, 5.74) is 0.581. The molecule has 1 unspecified atom stereocenters. The van der Waals surface area contributed by atoms with E-state index >= 15 is 0 Å². The molecule has 1 aromatic carbocycles. The fourth-order valence-corrected chi connectivity index (χ4v) is 1.95. The van der Waals surface area contributed by atoms with Gasteiger partial charge in [-0.1, -0.05) is 15.9 Å². The predicted molar refractivity (Wildman–Crippen MR) is 70.5 cm³/mol. The van der Waals surface area contributed by atoms with Crippen LogP contribution < -0.4 is 0 Å². The summed E-state index contributed by atoms with van der Waals surface area (Å²) in [5.74, 6) is -0.116. The van der Waals surface area contributed by atoms with E-state index < -0.39 is 0 Å². The number of aliphatic hydroxyl groups is 1. The van der Waals surface area contributed by atoms with Crippen LogP contribution in [0.1, 0.15) is 17.3 Å². The molecule has 5 heteroatoms. The first-order valence-electron chi connectivity index (χ1n) is 4.80. The number of hydrogen-bond donors (Lipinski definition) is 1. The highest BCUT2D eigenvalue weighted by molar-refractivity contribution is 9.11. The molecule has 0 aliphatic heterocycles. The third kappa shape index (κ3) is 3.06. The lowest BCUT2D eigenvalue weighted by atomic mass is 10.2. The molecule has 0 aromatic heterocycles. The molecule has 1 amide bonds. The quantitative estimate of drug-likeness (QED) is 0.910. The lowest BCUT2D eigenvalue weighted by Crippen LogP contribution is -2.37. The van der Waals surface area contributed by atoms with Crippen LogP contribution in [-0.4, -0.2) is 35.6 Å². The minimum atomic E-state index is -0.196. The van der Waals surface area contributed by atoms with Crippen LogP contribution in [0.2, 0.25) is 0 Å². The summed E-state index contributed by atoms with van der Waals surface area (Å²) in [6.45, 7) is 1.75. The van der Waals surface area contributed by atoms with Crippen molar-refractivity contribution in [2.75, 3.05) is 13.7 Å². The maximum absolute atomic E-state index is 12.1. The first-order valence-corrected chi connectivity index (χ1v) is 6.39. The summed E-state index contributed by atoms with van der Waals surface area (Å²) in [6.07, 6.45) is 0. The molecule has 0 fully saturated rings. The molecule has 0 spiro atoms. The van der Waals surface area contributed by atoms with Crippen LogP contribution in [0.25, 0.3) is 0 Å². The molecule has 88 valence electrons. The van der Waals surface area contributed by atoms with E-state index in [1.165, 1.54) is 4.90 Å². The number of rotatable bonds is 3. The Morgan fingerprint density at radius 3 is 2.69 bits per heavy atom. The maximum Gasteiger partial charge on any atom is 0.255 e. The van der Waals surface area contributed by atoms with Gasteiger partial charge in [-0.2, -0.15) is 0 Å². The molecular weight excluding hydrogens is 338 g/mol. The smallest absolute Gasteiger partial charge is 0.255 e. The number of likely N-dealkylation sites (N-methyl/N-ethyl adjacent to an activating group) is 1. The zero-order valence-corrected chi connectivity index (χ0v) is 12.2. The molecule has 0 saturated carbocycles. The van der Waals surface area contributed by atoms with Gasteiger partial charge in [0.05, 0.1) is 18.2 Å². The van der Waals surface area contributed by atoms with Crippen molar-refractivity contribution in [1.82, 2.24) is 4.90 Å². The fourth-order valence-electron chi connectivity index (χ4n) is 1.17. The van der Waals surface area contributed by atoms with Gasteiger partial charge in [-0.25, -0.2) is 0 Å². The van der Waals surface area contributed by atoms with Crippen LogP contribution in [0.4, 0.5) is 0 Å². The first-order chi connectivity index (χ1) is 7.47. The SMILES string of the molecule is CC(CO)N(C)C(=O)c1cc(Br)ccc1Br. The lowest BCUT2D eigenvalue weighted by Gasteiger charge is -2.23. The first kappa shape index (κ1) is 13.7. The number of carbonyl (C=O) groups excluding carboxylic acids is 1. The Bertz CT molecular complexity index is 396. The van der Waals surface area contributed by atoms with Crippen LogP contribution >= 0.6 is 31.9 Å². The van der Waals surface area contributed by atoms with Crippen LogP contribution in [0.3, 0.4) is 0 Å². The van der Waals surface area contributed by atoms with Gasteiger partial charge in [0.25, 0.3) is 5.91 Å². The Balaban J connectivity index is 3.00. The number of benzene rings is 1. The van der Waals surface area contributed by atoms with Crippen LogP contribution in [0.15, 0.2) is 27.1 Å². The van der Waals surface area contributed by atoms with E-state index in [1.807, 2.05) is 12.1 Å². The van der Waals surface area contributed by atoms with E-state index in [9.17, 15) is 4.79 Å². The van der Waals surface area contributed by atoms with E-state index in [-0.39, 0.29) is 18.6 Å². The summed E-state index contributed by atoms with van der Waals surface area (Å²) < 4.78 is 1.60. The third-order valence-corrected chi connectivity index (χ3v) is 3.59. The van der Waals surface area contributed by atoms with E-state index in [1.54, 1.807) is 20.0 Å². The van der Waals surface area contributed by atoms with Crippen molar-refractivity contribution in [3.63, 3.8) is 0 Å². The molecule has 0 saturated heterocycles. The predicted octanol–water partition coefficient (Wildman–Crippen LogP) is 2.66. The highest BCUT2D eigenvalue weighted by atomic mass is 79.9. The van der Waals surface area contributed by atoms with E-state index in [0.717, 1.165) is 8.95 Å². The molecule has 3 nitrogen and oxygen atoms in total. The van der Waals surface area contributed by atoms with Crippen LogP contribution in [-0.2, 0) is 0 Å². The van der Waals surface area contributed by atoms with Gasteiger partial charge in [0.2, 0.25) is 0 Å². The standard InChI is InChI=1S/C11H13Br2NO2/c1-7(6-15)14(2)11(16)9-5-8(12)3-4-10(9)13/h3-5,7,15H,6H2,1-2H3. The normalized spacial score (nSPS) is 12.3. The molecule has 0 aliphatic rings. The molecular formula is C11H13Br2NO2. The molecule has 1 atom stereocenters. The third-order valence-electron chi connectivity index (χ3n) is 2.40. The molecule has 16 heavy (non-hydrogen) atoms. The van der Waals surface area contributed by atoms with Gasteiger partial charge >= 0.3 is 0 Å². The molecule has 1 N–H and O–H groups in total. The van der Waals surface area contributed by atoms with Gasteiger partial charge in [-0.15, -0.1) is 0 Å². The molecule has 0 bridgehead atoms. The zero-order chi connectivity index (χ0) is 12.3. The Kier molecular flexibility index (Phi) is 4.95.